The molecule has 0 aliphatic carbocycles. The maximum Gasteiger partial charge on any atom is 0.505 e. The van der Waals surface area contributed by atoms with E-state index in [2.05, 4.69) is 0 Å². The van der Waals surface area contributed by atoms with Gasteiger partial charge in [-0.3, -0.25) is 0 Å². The van der Waals surface area contributed by atoms with Crippen molar-refractivity contribution in [1.29, 1.82) is 0 Å². The second kappa shape index (κ2) is 3.98. The number of hydrogen-bond acceptors (Lipinski definition) is 3. The van der Waals surface area contributed by atoms with Crippen LogP contribution in [0.2, 0.25) is 0 Å². The van der Waals surface area contributed by atoms with E-state index in [0.717, 1.165) is 22.8 Å². The molecule has 2 rings (SSSR count). The highest BCUT2D eigenvalue weighted by molar-refractivity contribution is 7.20. The van der Waals surface area contributed by atoms with Crippen molar-refractivity contribution >= 4 is 23.2 Å². The summed E-state index contributed by atoms with van der Waals surface area (Å²) in [7, 11) is -0.726. The van der Waals surface area contributed by atoms with Crippen molar-refractivity contribution in [3.8, 4) is 0 Å². The predicted octanol–water partition coefficient (Wildman–Crippen LogP) is 3.07. The van der Waals surface area contributed by atoms with Crippen LogP contribution in [0.5, 0.6) is 0 Å². The first-order valence-electron chi connectivity index (χ1n) is 5.54. The largest absolute Gasteiger partial charge is 0.505 e. The van der Waals surface area contributed by atoms with Gasteiger partial charge >= 0.3 is 13.3 Å². The first kappa shape index (κ1) is 13.9. The molecule has 0 spiro atoms. The summed E-state index contributed by atoms with van der Waals surface area (Å²) >= 11 is 1.01. The Morgan fingerprint density at radius 3 is 2.00 bits per heavy atom. The molecule has 0 unspecified atom stereocenters. The van der Waals surface area contributed by atoms with Gasteiger partial charge in [0.05, 0.1) is 16.8 Å². The maximum absolute atomic E-state index is 12.5. The Hall–Kier alpha value is -0.525. The van der Waals surface area contributed by atoms with Crippen LogP contribution < -0.4 is 4.78 Å². The number of rotatable bonds is 1. The second-order valence-corrected chi connectivity index (χ2v) is 6.27. The van der Waals surface area contributed by atoms with Gasteiger partial charge < -0.3 is 9.31 Å². The van der Waals surface area contributed by atoms with Crippen molar-refractivity contribution in [1.82, 2.24) is 0 Å². The number of hydrogen-bond donors (Lipinski definition) is 0. The van der Waals surface area contributed by atoms with E-state index < -0.39 is 30.1 Å². The van der Waals surface area contributed by atoms with E-state index in [4.69, 9.17) is 9.31 Å². The average Bonchev–Trinajstić information content (AvgIpc) is 2.69. The topological polar surface area (TPSA) is 18.5 Å². The molecule has 2 heterocycles. The van der Waals surface area contributed by atoms with Gasteiger partial charge in [0.1, 0.15) is 0 Å². The van der Waals surface area contributed by atoms with Gasteiger partial charge in [0.2, 0.25) is 0 Å². The van der Waals surface area contributed by atoms with Crippen molar-refractivity contribution in [2.45, 2.75) is 45.1 Å². The van der Waals surface area contributed by atoms with Gasteiger partial charge in [-0.2, -0.15) is 24.5 Å². The number of halogens is 3. The molecule has 1 aromatic heterocycles. The number of thiophene rings is 1. The van der Waals surface area contributed by atoms with Crippen LogP contribution in [-0.4, -0.2) is 18.3 Å². The fourth-order valence-corrected chi connectivity index (χ4v) is 2.45. The monoisotopic (exact) mass is 278 g/mol. The molecule has 1 aliphatic rings. The molecule has 100 valence electrons. The van der Waals surface area contributed by atoms with Crippen molar-refractivity contribution < 1.29 is 22.5 Å². The predicted molar refractivity (Wildman–Crippen MR) is 65.0 cm³/mol. The summed E-state index contributed by atoms with van der Waals surface area (Å²) in [5, 5.41) is 1.08. The van der Waals surface area contributed by atoms with Gasteiger partial charge in [-0.15, -0.1) is 0 Å². The van der Waals surface area contributed by atoms with E-state index in [1.165, 1.54) is 0 Å². The van der Waals surface area contributed by atoms with Crippen LogP contribution in [0.15, 0.2) is 11.4 Å². The highest BCUT2D eigenvalue weighted by atomic mass is 32.1. The molecule has 0 atom stereocenters. The lowest BCUT2D eigenvalue weighted by Gasteiger charge is -2.32. The van der Waals surface area contributed by atoms with Crippen LogP contribution in [0.3, 0.4) is 0 Å². The van der Waals surface area contributed by atoms with Gasteiger partial charge in [-0.05, 0) is 33.8 Å². The van der Waals surface area contributed by atoms with E-state index in [0.29, 0.717) is 4.78 Å². The SMILES string of the molecule is CC1(C)OB(c2cc(C(F)(F)F)cs2)OC1(C)C. The minimum absolute atomic E-state index is 0.445. The summed E-state index contributed by atoms with van der Waals surface area (Å²) in [6, 6.07) is 1.09. The Balaban J connectivity index is 2.23. The number of alkyl halides is 3. The first-order valence-corrected chi connectivity index (χ1v) is 6.42. The van der Waals surface area contributed by atoms with Crippen LogP contribution in [0.4, 0.5) is 13.2 Å². The zero-order chi connectivity index (χ0) is 13.8. The highest BCUT2D eigenvalue weighted by Gasteiger charge is 2.52. The van der Waals surface area contributed by atoms with Gasteiger partial charge in [-0.1, -0.05) is 0 Å². The molecule has 0 radical (unpaired) electrons. The zero-order valence-electron chi connectivity index (χ0n) is 10.6. The van der Waals surface area contributed by atoms with E-state index >= 15 is 0 Å². The Kier molecular flexibility index (Phi) is 3.07. The zero-order valence-corrected chi connectivity index (χ0v) is 11.4. The lowest BCUT2D eigenvalue weighted by atomic mass is 9.87. The molecule has 1 aliphatic heterocycles. The Labute approximate surface area is 108 Å². The smallest absolute Gasteiger partial charge is 0.399 e. The normalized spacial score (nSPS) is 22.5. The fourth-order valence-electron chi connectivity index (χ4n) is 1.58. The molecule has 1 fully saturated rings. The van der Waals surface area contributed by atoms with Crippen molar-refractivity contribution in [2.75, 3.05) is 0 Å². The minimum atomic E-state index is -4.32. The minimum Gasteiger partial charge on any atom is -0.399 e. The third-order valence-electron chi connectivity index (χ3n) is 3.43. The second-order valence-electron chi connectivity index (χ2n) is 5.32. The van der Waals surface area contributed by atoms with Crippen LogP contribution in [0, 0.1) is 0 Å². The Morgan fingerprint density at radius 2 is 1.61 bits per heavy atom. The molecule has 1 saturated heterocycles. The molecule has 1 aromatic rings. The molecular formula is C11H14BF3O2S. The summed E-state index contributed by atoms with van der Waals surface area (Å²) in [6.45, 7) is 7.47. The van der Waals surface area contributed by atoms with Gasteiger partial charge in [0, 0.05) is 10.2 Å². The summed E-state index contributed by atoms with van der Waals surface area (Å²) in [5.74, 6) is 0. The highest BCUT2D eigenvalue weighted by Crippen LogP contribution is 2.37. The van der Waals surface area contributed by atoms with E-state index in [-0.39, 0.29) is 0 Å². The molecule has 0 bridgehead atoms. The summed E-state index contributed by atoms with van der Waals surface area (Å²) in [5.41, 5.74) is -1.74. The van der Waals surface area contributed by atoms with E-state index in [9.17, 15) is 13.2 Å². The Morgan fingerprint density at radius 1 is 1.11 bits per heavy atom. The van der Waals surface area contributed by atoms with Crippen LogP contribution in [-0.2, 0) is 15.5 Å². The third kappa shape index (κ3) is 2.31. The van der Waals surface area contributed by atoms with Gasteiger partial charge in [0.25, 0.3) is 0 Å². The summed E-state index contributed by atoms with van der Waals surface area (Å²) < 4.78 is 49.4. The van der Waals surface area contributed by atoms with Crippen molar-refractivity contribution in [3.63, 3.8) is 0 Å². The quantitative estimate of drug-likeness (QED) is 0.735. The fraction of sp³-hybridized carbons (Fsp3) is 0.636. The molecular weight excluding hydrogens is 264 g/mol. The van der Waals surface area contributed by atoms with Crippen LogP contribution in [0.25, 0.3) is 0 Å². The standard InChI is InChI=1S/C11H14BF3O2S/c1-9(2)10(3,4)17-12(16-9)8-5-7(6-18-8)11(13,14)15/h5-6H,1-4H3. The van der Waals surface area contributed by atoms with E-state index in [1.54, 1.807) is 0 Å². The lowest BCUT2D eigenvalue weighted by Crippen LogP contribution is -2.41. The molecule has 7 heteroatoms. The summed E-state index contributed by atoms with van der Waals surface area (Å²) in [4.78, 5) is 0. The van der Waals surface area contributed by atoms with Gasteiger partial charge in [0.15, 0.2) is 0 Å². The molecule has 18 heavy (non-hydrogen) atoms. The molecule has 0 amide bonds. The average molecular weight is 278 g/mol. The molecule has 0 aromatic carbocycles. The van der Waals surface area contributed by atoms with Crippen molar-refractivity contribution in [2.24, 2.45) is 0 Å². The Bertz CT molecular complexity index is 437. The van der Waals surface area contributed by atoms with E-state index in [1.807, 2.05) is 27.7 Å². The van der Waals surface area contributed by atoms with Gasteiger partial charge in [-0.25, -0.2) is 0 Å². The van der Waals surface area contributed by atoms with Crippen LogP contribution >= 0.6 is 11.3 Å². The van der Waals surface area contributed by atoms with Crippen molar-refractivity contribution in [3.05, 3.63) is 17.0 Å². The van der Waals surface area contributed by atoms with Crippen LogP contribution in [0.1, 0.15) is 33.3 Å². The maximum atomic E-state index is 12.5. The molecule has 0 N–H and O–H groups in total. The molecule has 0 saturated carbocycles. The third-order valence-corrected chi connectivity index (χ3v) is 4.39. The summed E-state index contributed by atoms with van der Waals surface area (Å²) in [6.07, 6.45) is -4.32. The lowest BCUT2D eigenvalue weighted by molar-refractivity contribution is -0.137. The first-order chi connectivity index (χ1) is 8.03. The molecule has 2 nitrogen and oxygen atoms in total.